The van der Waals surface area contributed by atoms with Crippen molar-refractivity contribution in [2.45, 2.75) is 38.6 Å². The van der Waals surface area contributed by atoms with Gasteiger partial charge < -0.3 is 14.2 Å². The van der Waals surface area contributed by atoms with Crippen molar-refractivity contribution in [1.82, 2.24) is 14.5 Å². The van der Waals surface area contributed by atoms with E-state index >= 15 is 0 Å². The molecular formula is C20H25N3O2. The van der Waals surface area contributed by atoms with E-state index in [4.69, 9.17) is 4.74 Å². The van der Waals surface area contributed by atoms with Gasteiger partial charge in [0.2, 0.25) is 0 Å². The van der Waals surface area contributed by atoms with E-state index in [-0.39, 0.29) is 5.91 Å². The molecule has 3 aliphatic rings. The van der Waals surface area contributed by atoms with Crippen LogP contribution in [0.4, 0.5) is 0 Å². The summed E-state index contributed by atoms with van der Waals surface area (Å²) < 4.78 is 7.64. The molecule has 0 atom stereocenters. The second-order valence-electron chi connectivity index (χ2n) is 8.10. The number of carbonyl (C=O) groups is 1. The van der Waals surface area contributed by atoms with Crippen LogP contribution in [0.3, 0.4) is 0 Å². The van der Waals surface area contributed by atoms with Crippen molar-refractivity contribution in [2.24, 2.45) is 11.3 Å². The van der Waals surface area contributed by atoms with Crippen molar-refractivity contribution in [1.29, 1.82) is 0 Å². The van der Waals surface area contributed by atoms with Crippen molar-refractivity contribution >= 4 is 16.9 Å². The van der Waals surface area contributed by atoms with E-state index in [1.165, 1.54) is 32.1 Å². The fourth-order valence-electron chi connectivity index (χ4n) is 5.02. The first-order chi connectivity index (χ1) is 12.2. The van der Waals surface area contributed by atoms with Crippen LogP contribution in [0.1, 0.15) is 42.5 Å². The van der Waals surface area contributed by atoms with Crippen LogP contribution in [0.25, 0.3) is 11.0 Å². The van der Waals surface area contributed by atoms with Gasteiger partial charge in [-0.25, -0.2) is 0 Å². The molecule has 5 rings (SSSR count). The number of pyridine rings is 1. The third kappa shape index (κ3) is 2.56. The van der Waals surface area contributed by atoms with Crippen molar-refractivity contribution in [2.75, 3.05) is 26.3 Å². The maximum Gasteiger partial charge on any atom is 0.257 e. The second-order valence-corrected chi connectivity index (χ2v) is 8.10. The Hall–Kier alpha value is -1.88. The number of nitrogens with zero attached hydrogens (tertiary/aromatic N) is 3. The summed E-state index contributed by atoms with van der Waals surface area (Å²) in [4.78, 5) is 19.4. The van der Waals surface area contributed by atoms with Crippen molar-refractivity contribution in [3.63, 3.8) is 0 Å². The van der Waals surface area contributed by atoms with Gasteiger partial charge in [0.25, 0.3) is 5.91 Å². The van der Waals surface area contributed by atoms with Gasteiger partial charge in [-0.3, -0.25) is 9.78 Å². The molecular weight excluding hydrogens is 314 g/mol. The highest BCUT2D eigenvalue weighted by Crippen LogP contribution is 2.59. The summed E-state index contributed by atoms with van der Waals surface area (Å²) in [5, 5.41) is 0. The summed E-state index contributed by atoms with van der Waals surface area (Å²) in [5.74, 6) is 0.845. The van der Waals surface area contributed by atoms with Crippen LogP contribution in [0, 0.1) is 11.3 Å². The summed E-state index contributed by atoms with van der Waals surface area (Å²) in [6.07, 6.45) is 10.8. The fraction of sp³-hybridized carbons (Fsp3) is 0.600. The lowest BCUT2D eigenvalue weighted by Gasteiger charge is -2.54. The van der Waals surface area contributed by atoms with Crippen LogP contribution in [-0.4, -0.2) is 46.7 Å². The minimum Gasteiger partial charge on any atom is -0.378 e. The standard InChI is InChI=1S/C20H25N3O2/c24-19(22-7-9-25-10-8-22)16-14-23(17-3-1-6-21-18(16)17)13-15-11-20(12-15)4-2-5-20/h1,3,6,14-15H,2,4-5,7-13H2. The molecule has 25 heavy (non-hydrogen) atoms. The number of ether oxygens (including phenoxy) is 1. The molecule has 0 aromatic carbocycles. The van der Waals surface area contributed by atoms with E-state index in [1.807, 2.05) is 17.2 Å². The lowest BCUT2D eigenvalue weighted by atomic mass is 9.52. The maximum absolute atomic E-state index is 13.0. The highest BCUT2D eigenvalue weighted by atomic mass is 16.5. The molecule has 0 N–H and O–H groups in total. The van der Waals surface area contributed by atoms with Gasteiger partial charge >= 0.3 is 0 Å². The van der Waals surface area contributed by atoms with Crippen LogP contribution >= 0.6 is 0 Å². The Bertz CT molecular complexity index is 794. The number of amides is 1. The molecule has 132 valence electrons. The molecule has 5 nitrogen and oxygen atoms in total. The van der Waals surface area contributed by atoms with Gasteiger partial charge in [-0.2, -0.15) is 0 Å². The van der Waals surface area contributed by atoms with Crippen LogP contribution in [-0.2, 0) is 11.3 Å². The Kier molecular flexibility index (Phi) is 3.59. The van der Waals surface area contributed by atoms with E-state index in [2.05, 4.69) is 15.6 Å². The smallest absolute Gasteiger partial charge is 0.257 e. The van der Waals surface area contributed by atoms with Crippen LogP contribution < -0.4 is 0 Å². The molecule has 0 bridgehead atoms. The van der Waals surface area contributed by atoms with E-state index in [9.17, 15) is 4.79 Å². The number of fused-ring (bicyclic) bond motifs is 1. The summed E-state index contributed by atoms with van der Waals surface area (Å²) in [6.45, 7) is 3.61. The highest BCUT2D eigenvalue weighted by Gasteiger charge is 2.47. The number of aromatic nitrogens is 2. The molecule has 3 fully saturated rings. The first kappa shape index (κ1) is 15.4. The predicted molar refractivity (Wildman–Crippen MR) is 95.5 cm³/mol. The van der Waals surface area contributed by atoms with Crippen LogP contribution in [0.5, 0.6) is 0 Å². The van der Waals surface area contributed by atoms with Crippen LogP contribution in [0.2, 0.25) is 0 Å². The lowest BCUT2D eigenvalue weighted by Crippen LogP contribution is -2.44. The molecule has 2 saturated carbocycles. The zero-order chi connectivity index (χ0) is 16.9. The molecule has 2 aromatic rings. The van der Waals surface area contributed by atoms with Gasteiger partial charge in [0.1, 0.15) is 5.52 Å². The van der Waals surface area contributed by atoms with E-state index in [0.717, 1.165) is 29.1 Å². The van der Waals surface area contributed by atoms with Gasteiger partial charge in [0.05, 0.1) is 24.3 Å². The molecule has 0 radical (unpaired) electrons. The fourth-order valence-corrected chi connectivity index (χ4v) is 5.02. The molecule has 1 amide bonds. The van der Waals surface area contributed by atoms with Gasteiger partial charge in [-0.1, -0.05) is 6.42 Å². The van der Waals surface area contributed by atoms with E-state index in [1.54, 1.807) is 6.20 Å². The number of hydrogen-bond donors (Lipinski definition) is 0. The third-order valence-corrected chi connectivity index (χ3v) is 6.48. The first-order valence-electron chi connectivity index (χ1n) is 9.55. The summed E-state index contributed by atoms with van der Waals surface area (Å²) in [5.41, 5.74) is 3.37. The molecule has 2 aromatic heterocycles. The summed E-state index contributed by atoms with van der Waals surface area (Å²) in [7, 11) is 0. The molecule has 2 aliphatic carbocycles. The lowest BCUT2D eigenvalue weighted by molar-refractivity contribution is -0.0306. The summed E-state index contributed by atoms with van der Waals surface area (Å²) >= 11 is 0. The zero-order valence-corrected chi connectivity index (χ0v) is 14.6. The second kappa shape index (κ2) is 5.84. The predicted octanol–water partition coefficient (Wildman–Crippen LogP) is 3.09. The Balaban J connectivity index is 1.41. The third-order valence-electron chi connectivity index (χ3n) is 6.48. The molecule has 1 saturated heterocycles. The minimum atomic E-state index is 0.0924. The van der Waals surface area contributed by atoms with Gasteiger partial charge in [-0.15, -0.1) is 0 Å². The number of rotatable bonds is 3. The van der Waals surface area contributed by atoms with E-state index in [0.29, 0.717) is 31.7 Å². The molecule has 1 aliphatic heterocycles. The topological polar surface area (TPSA) is 47.4 Å². The zero-order valence-electron chi connectivity index (χ0n) is 14.6. The van der Waals surface area contributed by atoms with Gasteiger partial charge in [0.15, 0.2) is 0 Å². The first-order valence-corrected chi connectivity index (χ1v) is 9.55. The SMILES string of the molecule is O=C(c1cn(CC2CC3(CCC3)C2)c2cccnc12)N1CCOCC1. The molecule has 0 unspecified atom stereocenters. The monoisotopic (exact) mass is 339 g/mol. The Morgan fingerprint density at radius 1 is 1.28 bits per heavy atom. The minimum absolute atomic E-state index is 0.0924. The quantitative estimate of drug-likeness (QED) is 0.863. The normalized spacial score (nSPS) is 22.8. The van der Waals surface area contributed by atoms with Gasteiger partial charge in [0, 0.05) is 32.0 Å². The van der Waals surface area contributed by atoms with E-state index < -0.39 is 0 Å². The van der Waals surface area contributed by atoms with Crippen molar-refractivity contribution in [3.8, 4) is 0 Å². The molecule has 3 heterocycles. The largest absolute Gasteiger partial charge is 0.378 e. The average molecular weight is 339 g/mol. The maximum atomic E-state index is 13.0. The summed E-state index contributed by atoms with van der Waals surface area (Å²) in [6, 6.07) is 4.06. The number of hydrogen-bond acceptors (Lipinski definition) is 3. The molecule has 5 heteroatoms. The number of morpholine rings is 1. The van der Waals surface area contributed by atoms with Crippen molar-refractivity contribution in [3.05, 3.63) is 30.1 Å². The van der Waals surface area contributed by atoms with Gasteiger partial charge in [-0.05, 0) is 49.1 Å². The Morgan fingerprint density at radius 2 is 2.08 bits per heavy atom. The number of carbonyl (C=O) groups excluding carboxylic acids is 1. The molecule has 1 spiro atoms. The van der Waals surface area contributed by atoms with Crippen molar-refractivity contribution < 1.29 is 9.53 Å². The Morgan fingerprint density at radius 3 is 2.80 bits per heavy atom. The highest BCUT2D eigenvalue weighted by molar-refractivity contribution is 6.05. The average Bonchev–Trinajstić information content (AvgIpc) is 2.95. The Labute approximate surface area is 148 Å². The van der Waals surface area contributed by atoms with Crippen LogP contribution in [0.15, 0.2) is 24.5 Å².